The van der Waals surface area contributed by atoms with Crippen LogP contribution in [0.1, 0.15) is 30.1 Å². The first-order valence-electron chi connectivity index (χ1n) is 11.5. The van der Waals surface area contributed by atoms with Crippen LogP contribution in [0.3, 0.4) is 0 Å². The highest BCUT2D eigenvalue weighted by Gasteiger charge is 2.27. The van der Waals surface area contributed by atoms with Crippen LogP contribution in [0.15, 0.2) is 53.4 Å². The Morgan fingerprint density at radius 2 is 1.62 bits per heavy atom. The lowest BCUT2D eigenvalue weighted by Gasteiger charge is -2.34. The fourth-order valence-electron chi connectivity index (χ4n) is 3.77. The fraction of sp³-hybridized carbons (Fsp3) is 0.417. The number of ether oxygens (including phenoxy) is 1. The SMILES string of the molecule is CCOc1ccc(NS(=O)(=O)c2ccc(C(=O)N3CCN(CC(=O)NC4CC4)CC3)cc2)cc1. The number of benzene rings is 2. The number of carbonyl (C=O) groups is 2. The molecule has 9 nitrogen and oxygen atoms in total. The Balaban J connectivity index is 1.30. The van der Waals surface area contributed by atoms with E-state index >= 15 is 0 Å². The Morgan fingerprint density at radius 3 is 2.21 bits per heavy atom. The first-order valence-corrected chi connectivity index (χ1v) is 13.0. The van der Waals surface area contributed by atoms with Crippen LogP contribution >= 0.6 is 0 Å². The summed E-state index contributed by atoms with van der Waals surface area (Å²) in [5.74, 6) is 0.555. The largest absolute Gasteiger partial charge is 0.494 e. The summed E-state index contributed by atoms with van der Waals surface area (Å²) in [4.78, 5) is 28.7. The molecule has 2 aromatic rings. The predicted molar refractivity (Wildman–Crippen MR) is 128 cm³/mol. The van der Waals surface area contributed by atoms with Crippen LogP contribution in [0, 0.1) is 0 Å². The van der Waals surface area contributed by atoms with E-state index in [1.54, 1.807) is 29.2 Å². The van der Waals surface area contributed by atoms with Crippen LogP contribution in [0.25, 0.3) is 0 Å². The van der Waals surface area contributed by atoms with Crippen molar-refractivity contribution in [2.24, 2.45) is 0 Å². The maximum atomic E-state index is 12.9. The van der Waals surface area contributed by atoms with E-state index in [2.05, 4.69) is 10.0 Å². The molecule has 1 aliphatic heterocycles. The van der Waals surface area contributed by atoms with Gasteiger partial charge >= 0.3 is 0 Å². The Kier molecular flexibility index (Phi) is 7.38. The second-order valence-corrected chi connectivity index (χ2v) is 10.2. The van der Waals surface area contributed by atoms with Crippen LogP contribution in [0.5, 0.6) is 5.75 Å². The number of hydrogen-bond donors (Lipinski definition) is 2. The number of carbonyl (C=O) groups excluding carboxylic acids is 2. The minimum atomic E-state index is -3.79. The number of sulfonamides is 1. The highest BCUT2D eigenvalue weighted by molar-refractivity contribution is 7.92. The van der Waals surface area contributed by atoms with E-state index in [0.29, 0.717) is 62.4 Å². The average molecular weight is 487 g/mol. The van der Waals surface area contributed by atoms with Gasteiger partial charge in [0, 0.05) is 43.5 Å². The van der Waals surface area contributed by atoms with Gasteiger partial charge in [-0.15, -0.1) is 0 Å². The summed E-state index contributed by atoms with van der Waals surface area (Å²) in [7, 11) is -3.79. The lowest BCUT2D eigenvalue weighted by atomic mass is 10.2. The van der Waals surface area contributed by atoms with E-state index in [0.717, 1.165) is 12.8 Å². The quantitative estimate of drug-likeness (QED) is 0.561. The monoisotopic (exact) mass is 486 g/mol. The molecule has 2 amide bonds. The van der Waals surface area contributed by atoms with Crippen molar-refractivity contribution in [1.29, 1.82) is 0 Å². The second kappa shape index (κ2) is 10.4. The van der Waals surface area contributed by atoms with Gasteiger partial charge < -0.3 is 15.0 Å². The Bertz CT molecular complexity index is 1110. The maximum Gasteiger partial charge on any atom is 0.261 e. The third kappa shape index (κ3) is 6.27. The molecule has 10 heteroatoms. The normalized spacial score (nSPS) is 16.7. The number of amides is 2. The number of nitrogens with one attached hydrogen (secondary N) is 2. The molecular weight excluding hydrogens is 456 g/mol. The molecule has 2 N–H and O–H groups in total. The van der Waals surface area contributed by atoms with Crippen molar-refractivity contribution in [3.8, 4) is 5.75 Å². The standard InChI is InChI=1S/C24H30N4O5S/c1-2-33-21-9-7-20(8-10-21)26-34(31,32)22-11-3-18(4-12-22)24(30)28-15-13-27(14-16-28)17-23(29)25-19-5-6-19/h3-4,7-12,19,26H,2,5-6,13-17H2,1H3,(H,25,29). The Morgan fingerprint density at radius 1 is 0.971 bits per heavy atom. The first kappa shape index (κ1) is 24.0. The molecule has 0 atom stereocenters. The molecule has 2 fully saturated rings. The molecule has 182 valence electrons. The van der Waals surface area contributed by atoms with E-state index in [4.69, 9.17) is 4.74 Å². The van der Waals surface area contributed by atoms with Gasteiger partial charge in [0.2, 0.25) is 5.91 Å². The van der Waals surface area contributed by atoms with Crippen molar-refractivity contribution in [1.82, 2.24) is 15.1 Å². The summed E-state index contributed by atoms with van der Waals surface area (Å²) >= 11 is 0. The lowest BCUT2D eigenvalue weighted by Crippen LogP contribution is -2.51. The molecule has 1 saturated carbocycles. The molecule has 34 heavy (non-hydrogen) atoms. The van der Waals surface area contributed by atoms with Gasteiger partial charge in [-0.3, -0.25) is 19.2 Å². The highest BCUT2D eigenvalue weighted by atomic mass is 32.2. The molecule has 1 saturated heterocycles. The number of hydrogen-bond acceptors (Lipinski definition) is 6. The van der Waals surface area contributed by atoms with E-state index in [1.807, 2.05) is 11.8 Å². The van der Waals surface area contributed by atoms with Crippen LogP contribution in [0.4, 0.5) is 5.69 Å². The minimum absolute atomic E-state index is 0.0397. The van der Waals surface area contributed by atoms with Gasteiger partial charge in [0.25, 0.3) is 15.9 Å². The highest BCUT2D eigenvalue weighted by Crippen LogP contribution is 2.21. The predicted octanol–water partition coefficient (Wildman–Crippen LogP) is 1.92. The molecule has 1 heterocycles. The average Bonchev–Trinajstić information content (AvgIpc) is 3.64. The molecular formula is C24H30N4O5S. The van der Waals surface area contributed by atoms with Crippen molar-refractivity contribution >= 4 is 27.5 Å². The van der Waals surface area contributed by atoms with Crippen molar-refractivity contribution in [3.05, 3.63) is 54.1 Å². The third-order valence-corrected chi connectivity index (χ3v) is 7.20. The van der Waals surface area contributed by atoms with E-state index in [-0.39, 0.29) is 16.7 Å². The third-order valence-electron chi connectivity index (χ3n) is 5.80. The molecule has 2 aliphatic rings. The smallest absolute Gasteiger partial charge is 0.261 e. The molecule has 0 spiro atoms. The van der Waals surface area contributed by atoms with Crippen LogP contribution in [-0.2, 0) is 14.8 Å². The van der Waals surface area contributed by atoms with Crippen molar-refractivity contribution in [2.75, 3.05) is 44.1 Å². The number of anilines is 1. The van der Waals surface area contributed by atoms with Gasteiger partial charge in [-0.1, -0.05) is 0 Å². The van der Waals surface area contributed by atoms with Crippen LogP contribution in [0.2, 0.25) is 0 Å². The van der Waals surface area contributed by atoms with E-state index < -0.39 is 10.0 Å². The number of piperazine rings is 1. The molecule has 0 bridgehead atoms. The van der Waals surface area contributed by atoms with Gasteiger partial charge in [-0.25, -0.2) is 8.42 Å². The zero-order chi connectivity index (χ0) is 24.1. The zero-order valence-corrected chi connectivity index (χ0v) is 20.0. The first-order chi connectivity index (χ1) is 16.3. The van der Waals surface area contributed by atoms with Gasteiger partial charge in [-0.05, 0) is 68.3 Å². The lowest BCUT2D eigenvalue weighted by molar-refractivity contribution is -0.122. The zero-order valence-electron chi connectivity index (χ0n) is 19.2. The number of rotatable bonds is 9. The maximum absolute atomic E-state index is 12.9. The van der Waals surface area contributed by atoms with Gasteiger partial charge in [0.05, 0.1) is 18.0 Å². The molecule has 1 aliphatic carbocycles. The molecule has 0 unspecified atom stereocenters. The summed E-state index contributed by atoms with van der Waals surface area (Å²) in [6.45, 7) is 5.06. The molecule has 0 radical (unpaired) electrons. The van der Waals surface area contributed by atoms with Gasteiger partial charge in [0.1, 0.15) is 5.75 Å². The van der Waals surface area contributed by atoms with Crippen LogP contribution < -0.4 is 14.8 Å². The minimum Gasteiger partial charge on any atom is -0.494 e. The molecule has 4 rings (SSSR count). The summed E-state index contributed by atoms with van der Waals surface area (Å²) in [6.07, 6.45) is 2.12. The summed E-state index contributed by atoms with van der Waals surface area (Å²) < 4.78 is 33.3. The van der Waals surface area contributed by atoms with Gasteiger partial charge in [-0.2, -0.15) is 0 Å². The molecule has 0 aromatic heterocycles. The fourth-order valence-corrected chi connectivity index (χ4v) is 4.83. The topological polar surface area (TPSA) is 108 Å². The van der Waals surface area contributed by atoms with E-state index in [9.17, 15) is 18.0 Å². The van der Waals surface area contributed by atoms with Crippen molar-refractivity contribution < 1.29 is 22.7 Å². The second-order valence-electron chi connectivity index (χ2n) is 8.50. The molecule has 2 aromatic carbocycles. The van der Waals surface area contributed by atoms with E-state index in [1.165, 1.54) is 24.3 Å². The van der Waals surface area contributed by atoms with Crippen molar-refractivity contribution in [2.45, 2.75) is 30.7 Å². The summed E-state index contributed by atoms with van der Waals surface area (Å²) in [6, 6.07) is 12.9. The van der Waals surface area contributed by atoms with Gasteiger partial charge in [0.15, 0.2) is 0 Å². The Hall–Kier alpha value is -3.11. The number of nitrogens with zero attached hydrogens (tertiary/aromatic N) is 2. The van der Waals surface area contributed by atoms with Crippen LogP contribution in [-0.4, -0.2) is 75.4 Å². The summed E-state index contributed by atoms with van der Waals surface area (Å²) in [5, 5.41) is 2.98. The van der Waals surface area contributed by atoms with Crippen molar-refractivity contribution in [3.63, 3.8) is 0 Å². The summed E-state index contributed by atoms with van der Waals surface area (Å²) in [5.41, 5.74) is 0.854. The Labute approximate surface area is 200 Å².